The molecule has 0 aliphatic heterocycles. The summed E-state index contributed by atoms with van der Waals surface area (Å²) < 4.78 is 16.4. The maximum absolute atomic E-state index is 12.2. The predicted octanol–water partition coefficient (Wildman–Crippen LogP) is 3.25. The summed E-state index contributed by atoms with van der Waals surface area (Å²) in [6.45, 7) is 4.28. The molecule has 0 bridgehead atoms. The van der Waals surface area contributed by atoms with Crippen molar-refractivity contribution in [1.82, 2.24) is 10.9 Å². The Morgan fingerprint density at radius 2 is 1.63 bits per heavy atom. The number of rotatable bonds is 9. The quantitative estimate of drug-likeness (QED) is 0.423. The predicted molar refractivity (Wildman–Crippen MR) is 113 cm³/mol. The van der Waals surface area contributed by atoms with Crippen LogP contribution < -0.4 is 20.3 Å². The van der Waals surface area contributed by atoms with Crippen LogP contribution in [0.25, 0.3) is 0 Å². The Hall–Kier alpha value is -3.07. The highest BCUT2D eigenvalue weighted by atomic mass is 79.9. The number of ether oxygens (including phenoxy) is 3. The Bertz CT molecular complexity index is 886. The minimum absolute atomic E-state index is 0.288. The van der Waals surface area contributed by atoms with Gasteiger partial charge in [-0.25, -0.2) is 4.79 Å². The second kappa shape index (κ2) is 11.8. The van der Waals surface area contributed by atoms with Crippen LogP contribution in [0.15, 0.2) is 46.9 Å². The van der Waals surface area contributed by atoms with Crippen LogP contribution in [-0.2, 0) is 9.53 Å². The van der Waals surface area contributed by atoms with Crippen LogP contribution in [0.3, 0.4) is 0 Å². The first-order chi connectivity index (χ1) is 14.4. The average molecular weight is 479 g/mol. The Morgan fingerprint density at radius 3 is 2.27 bits per heavy atom. The first kappa shape index (κ1) is 23.2. The smallest absolute Gasteiger partial charge is 0.338 e. The number of nitrogens with one attached hydrogen (secondary N) is 2. The molecular formula is C21H23BrN2O6. The highest BCUT2D eigenvalue weighted by Gasteiger charge is 2.11. The van der Waals surface area contributed by atoms with Gasteiger partial charge in [-0.15, -0.1) is 0 Å². The molecule has 2 aromatic carbocycles. The number of hydrogen-bond donors (Lipinski definition) is 2. The van der Waals surface area contributed by atoms with Crippen LogP contribution in [-0.4, -0.2) is 37.6 Å². The van der Waals surface area contributed by atoms with Crippen LogP contribution in [0.5, 0.6) is 11.5 Å². The molecule has 8 nitrogen and oxygen atoms in total. The lowest BCUT2D eigenvalue weighted by atomic mass is 10.2. The molecule has 0 aliphatic rings. The molecule has 0 atom stereocenters. The van der Waals surface area contributed by atoms with E-state index in [1.165, 1.54) is 0 Å². The molecule has 0 aliphatic carbocycles. The Labute approximate surface area is 183 Å². The van der Waals surface area contributed by atoms with Crippen molar-refractivity contribution in [2.75, 3.05) is 19.8 Å². The van der Waals surface area contributed by atoms with E-state index in [4.69, 9.17) is 14.2 Å². The van der Waals surface area contributed by atoms with E-state index < -0.39 is 17.8 Å². The van der Waals surface area contributed by atoms with Gasteiger partial charge in [0.25, 0.3) is 11.8 Å². The maximum atomic E-state index is 12.2. The van der Waals surface area contributed by atoms with Gasteiger partial charge in [0, 0.05) is 5.56 Å². The molecule has 0 saturated heterocycles. The molecule has 0 unspecified atom stereocenters. The number of esters is 1. The third kappa shape index (κ3) is 7.07. The second-order valence-corrected chi connectivity index (χ2v) is 6.88. The van der Waals surface area contributed by atoms with Gasteiger partial charge in [0.1, 0.15) is 11.5 Å². The number of hydrazine groups is 1. The minimum Gasteiger partial charge on any atom is -0.492 e. The molecule has 2 rings (SSSR count). The summed E-state index contributed by atoms with van der Waals surface area (Å²) in [5, 5.41) is 0. The van der Waals surface area contributed by atoms with E-state index in [1.54, 1.807) is 49.4 Å². The summed E-state index contributed by atoms with van der Waals surface area (Å²) >= 11 is 3.36. The van der Waals surface area contributed by atoms with E-state index in [0.29, 0.717) is 33.7 Å². The van der Waals surface area contributed by atoms with Crippen LogP contribution in [0.4, 0.5) is 0 Å². The molecule has 0 aromatic heterocycles. The normalized spacial score (nSPS) is 10.1. The zero-order valence-electron chi connectivity index (χ0n) is 16.7. The van der Waals surface area contributed by atoms with Gasteiger partial charge >= 0.3 is 5.97 Å². The molecule has 0 heterocycles. The number of carbonyl (C=O) groups excluding carboxylic acids is 3. The average Bonchev–Trinajstić information content (AvgIpc) is 2.75. The van der Waals surface area contributed by atoms with E-state index in [-0.39, 0.29) is 13.2 Å². The van der Waals surface area contributed by atoms with Crippen molar-refractivity contribution in [2.45, 2.75) is 20.3 Å². The number of amides is 2. The second-order valence-electron chi connectivity index (χ2n) is 6.03. The standard InChI is InChI=1S/C21H23BrN2O6/c1-3-11-29-18-10-7-15(12-17(18)22)20(26)24-23-19(25)13-30-16-8-5-14(6-9-16)21(27)28-4-2/h5-10,12H,3-4,11,13H2,1-2H3,(H,23,25)(H,24,26). The topological polar surface area (TPSA) is 103 Å². The third-order valence-electron chi connectivity index (χ3n) is 3.71. The van der Waals surface area contributed by atoms with Gasteiger partial charge < -0.3 is 14.2 Å². The molecule has 30 heavy (non-hydrogen) atoms. The largest absolute Gasteiger partial charge is 0.492 e. The molecule has 0 radical (unpaired) electrons. The summed E-state index contributed by atoms with van der Waals surface area (Å²) in [5.41, 5.74) is 5.34. The van der Waals surface area contributed by atoms with E-state index in [9.17, 15) is 14.4 Å². The maximum Gasteiger partial charge on any atom is 0.338 e. The fourth-order valence-electron chi connectivity index (χ4n) is 2.26. The highest BCUT2D eigenvalue weighted by molar-refractivity contribution is 9.10. The van der Waals surface area contributed by atoms with Gasteiger partial charge in [0.2, 0.25) is 0 Å². The SMILES string of the molecule is CCCOc1ccc(C(=O)NNC(=O)COc2ccc(C(=O)OCC)cc2)cc1Br. The van der Waals surface area contributed by atoms with E-state index >= 15 is 0 Å². The number of hydrogen-bond acceptors (Lipinski definition) is 6. The van der Waals surface area contributed by atoms with Crippen LogP contribution in [0.2, 0.25) is 0 Å². The van der Waals surface area contributed by atoms with Crippen molar-refractivity contribution in [3.05, 3.63) is 58.1 Å². The van der Waals surface area contributed by atoms with Crippen molar-refractivity contribution in [3.8, 4) is 11.5 Å². The summed E-state index contributed by atoms with van der Waals surface area (Å²) in [6, 6.07) is 11.1. The van der Waals surface area contributed by atoms with Gasteiger partial charge in [-0.2, -0.15) is 0 Å². The molecule has 9 heteroatoms. The van der Waals surface area contributed by atoms with E-state index in [1.807, 2.05) is 6.92 Å². The monoisotopic (exact) mass is 478 g/mol. The summed E-state index contributed by atoms with van der Waals surface area (Å²) in [6.07, 6.45) is 0.873. The van der Waals surface area contributed by atoms with Crippen LogP contribution in [0, 0.1) is 0 Å². The highest BCUT2D eigenvalue weighted by Crippen LogP contribution is 2.26. The summed E-state index contributed by atoms with van der Waals surface area (Å²) in [7, 11) is 0. The lowest BCUT2D eigenvalue weighted by Gasteiger charge is -2.11. The van der Waals surface area contributed by atoms with Crippen molar-refractivity contribution in [3.63, 3.8) is 0 Å². The van der Waals surface area contributed by atoms with Crippen molar-refractivity contribution >= 4 is 33.7 Å². The van der Waals surface area contributed by atoms with E-state index in [0.717, 1.165) is 6.42 Å². The molecule has 0 spiro atoms. The Kier molecular flexibility index (Phi) is 9.14. The van der Waals surface area contributed by atoms with Crippen LogP contribution >= 0.6 is 15.9 Å². The van der Waals surface area contributed by atoms with Crippen molar-refractivity contribution < 1.29 is 28.6 Å². The molecule has 0 saturated carbocycles. The Balaban J connectivity index is 1.79. The molecule has 0 fully saturated rings. The first-order valence-electron chi connectivity index (χ1n) is 9.36. The molecule has 2 amide bonds. The third-order valence-corrected chi connectivity index (χ3v) is 4.33. The van der Waals surface area contributed by atoms with Crippen molar-refractivity contribution in [2.24, 2.45) is 0 Å². The van der Waals surface area contributed by atoms with Crippen LogP contribution in [0.1, 0.15) is 41.0 Å². The van der Waals surface area contributed by atoms with E-state index in [2.05, 4.69) is 26.8 Å². The molecular weight excluding hydrogens is 456 g/mol. The van der Waals surface area contributed by atoms with Gasteiger partial charge in [-0.05, 0) is 71.7 Å². The molecule has 2 N–H and O–H groups in total. The van der Waals surface area contributed by atoms with Gasteiger partial charge in [0.15, 0.2) is 6.61 Å². The molecule has 2 aromatic rings. The molecule has 160 valence electrons. The lowest BCUT2D eigenvalue weighted by Crippen LogP contribution is -2.43. The fraction of sp³-hybridized carbons (Fsp3) is 0.286. The number of halogens is 1. The summed E-state index contributed by atoms with van der Waals surface area (Å²) in [4.78, 5) is 35.7. The minimum atomic E-state index is -0.542. The van der Waals surface area contributed by atoms with Crippen molar-refractivity contribution in [1.29, 1.82) is 0 Å². The van der Waals surface area contributed by atoms with Gasteiger partial charge in [0.05, 0.1) is 23.2 Å². The zero-order valence-corrected chi connectivity index (χ0v) is 18.3. The summed E-state index contributed by atoms with van der Waals surface area (Å²) in [5.74, 6) is -0.415. The first-order valence-corrected chi connectivity index (χ1v) is 10.1. The lowest BCUT2D eigenvalue weighted by molar-refractivity contribution is -0.123. The fourth-order valence-corrected chi connectivity index (χ4v) is 2.75. The van der Waals surface area contributed by atoms with Gasteiger partial charge in [-0.1, -0.05) is 6.92 Å². The zero-order chi connectivity index (χ0) is 21.9. The van der Waals surface area contributed by atoms with Gasteiger partial charge in [-0.3, -0.25) is 20.4 Å². The number of carbonyl (C=O) groups is 3. The Morgan fingerprint density at radius 1 is 0.933 bits per heavy atom. The number of benzene rings is 2.